The van der Waals surface area contributed by atoms with Gasteiger partial charge in [0.25, 0.3) is 0 Å². The number of aliphatic hydroxyl groups excluding tert-OH is 1. The van der Waals surface area contributed by atoms with Gasteiger partial charge in [-0.1, -0.05) is 66.2 Å². The van der Waals surface area contributed by atoms with Crippen LogP contribution in [0.15, 0.2) is 100 Å². The van der Waals surface area contributed by atoms with Gasteiger partial charge in [0.15, 0.2) is 0 Å². The van der Waals surface area contributed by atoms with Crippen molar-refractivity contribution >= 4 is 11.6 Å². The van der Waals surface area contributed by atoms with Crippen LogP contribution < -0.4 is 20.2 Å². The van der Waals surface area contributed by atoms with Crippen molar-refractivity contribution in [3.63, 3.8) is 0 Å². The number of hydrogen-bond acceptors (Lipinski definition) is 6. The lowest BCUT2D eigenvalue weighted by atomic mass is 10.1. The van der Waals surface area contributed by atoms with Crippen molar-refractivity contribution in [3.8, 4) is 11.5 Å². The second kappa shape index (κ2) is 13.1. The minimum Gasteiger partial charge on any atom is -0.486 e. The zero-order valence-corrected chi connectivity index (χ0v) is 21.4. The monoisotopic (exact) mass is 519 g/mol. The van der Waals surface area contributed by atoms with Crippen LogP contribution in [0.5, 0.6) is 11.5 Å². The number of aliphatic hydroxyl groups is 1. The van der Waals surface area contributed by atoms with Crippen molar-refractivity contribution < 1.29 is 19.0 Å². The average molecular weight is 520 g/mol. The van der Waals surface area contributed by atoms with E-state index >= 15 is 0 Å². The van der Waals surface area contributed by atoms with Crippen LogP contribution in [-0.4, -0.2) is 17.7 Å². The van der Waals surface area contributed by atoms with Gasteiger partial charge in [-0.2, -0.15) is 0 Å². The van der Waals surface area contributed by atoms with E-state index < -0.39 is 6.10 Å². The lowest BCUT2D eigenvalue weighted by Gasteiger charge is -2.18. The third-order valence-corrected chi connectivity index (χ3v) is 6.06. The molecule has 0 bridgehead atoms. The molecular formula is C30H30ClNO5. The van der Waals surface area contributed by atoms with E-state index in [2.05, 4.69) is 12.2 Å². The Hall–Kier alpha value is -3.58. The van der Waals surface area contributed by atoms with Gasteiger partial charge in [0.05, 0.1) is 6.10 Å². The van der Waals surface area contributed by atoms with Crippen molar-refractivity contribution in [2.75, 3.05) is 6.54 Å². The standard InChI is InChI=1S/C30H30ClNO5/c1-21(32-17-29(34)24-8-5-9-25(31)15-24)14-22-10-12-26(13-11-22)35-19-27-16-28(33)30(20-36-27)37-18-23-6-3-2-4-7-23/h2-13,15-16,20-21,29,32,34H,14,17-19H2,1H3. The second-order valence-electron chi connectivity index (χ2n) is 8.87. The van der Waals surface area contributed by atoms with Crippen molar-refractivity contribution in [1.29, 1.82) is 0 Å². The summed E-state index contributed by atoms with van der Waals surface area (Å²) in [5.74, 6) is 1.25. The summed E-state index contributed by atoms with van der Waals surface area (Å²) in [6.45, 7) is 2.94. The summed E-state index contributed by atoms with van der Waals surface area (Å²) in [6, 6.07) is 26.2. The van der Waals surface area contributed by atoms with Gasteiger partial charge < -0.3 is 24.3 Å². The Morgan fingerprint density at radius 3 is 2.43 bits per heavy atom. The molecular weight excluding hydrogens is 490 g/mol. The van der Waals surface area contributed by atoms with E-state index in [1.807, 2.05) is 66.7 Å². The minimum atomic E-state index is -0.624. The number of hydrogen-bond donors (Lipinski definition) is 2. The average Bonchev–Trinajstić information content (AvgIpc) is 2.91. The maximum Gasteiger partial charge on any atom is 0.227 e. The fraction of sp³-hybridized carbons (Fsp3) is 0.233. The first-order chi connectivity index (χ1) is 18.0. The zero-order chi connectivity index (χ0) is 26.0. The van der Waals surface area contributed by atoms with E-state index in [1.54, 1.807) is 12.1 Å². The quantitative estimate of drug-likeness (QED) is 0.250. The van der Waals surface area contributed by atoms with E-state index in [0.29, 0.717) is 29.7 Å². The third kappa shape index (κ3) is 8.22. The van der Waals surface area contributed by atoms with E-state index in [9.17, 15) is 9.90 Å². The molecule has 0 radical (unpaired) electrons. The van der Waals surface area contributed by atoms with Crippen LogP contribution in [0.2, 0.25) is 5.02 Å². The number of rotatable bonds is 12. The molecule has 2 unspecified atom stereocenters. The Kier molecular flexibility index (Phi) is 9.38. The van der Waals surface area contributed by atoms with E-state index in [1.165, 1.54) is 12.3 Å². The van der Waals surface area contributed by atoms with Gasteiger partial charge in [-0.25, -0.2) is 0 Å². The van der Waals surface area contributed by atoms with Gasteiger partial charge in [0.1, 0.15) is 31.0 Å². The smallest absolute Gasteiger partial charge is 0.227 e. The molecule has 4 aromatic rings. The summed E-state index contributed by atoms with van der Waals surface area (Å²) in [5.41, 5.74) is 2.64. The molecule has 0 aliphatic carbocycles. The SMILES string of the molecule is CC(Cc1ccc(OCc2cc(=O)c(OCc3ccccc3)co2)cc1)NCC(O)c1cccc(Cl)c1. The maximum atomic E-state index is 12.3. The number of benzene rings is 3. The van der Waals surface area contributed by atoms with Crippen LogP contribution in [0.25, 0.3) is 0 Å². The van der Waals surface area contributed by atoms with Crippen LogP contribution in [0.3, 0.4) is 0 Å². The van der Waals surface area contributed by atoms with E-state index in [-0.39, 0.29) is 23.8 Å². The van der Waals surface area contributed by atoms with Crippen molar-refractivity contribution in [2.24, 2.45) is 0 Å². The fourth-order valence-electron chi connectivity index (χ4n) is 3.80. The molecule has 0 aliphatic heterocycles. The highest BCUT2D eigenvalue weighted by Gasteiger charge is 2.11. The number of halogens is 1. The summed E-state index contributed by atoms with van der Waals surface area (Å²) in [6.07, 6.45) is 1.49. The van der Waals surface area contributed by atoms with Gasteiger partial charge in [-0.05, 0) is 54.3 Å². The first kappa shape index (κ1) is 26.5. The Bertz CT molecular complexity index is 1320. The fourth-order valence-corrected chi connectivity index (χ4v) is 4.00. The highest BCUT2D eigenvalue weighted by atomic mass is 35.5. The number of nitrogens with one attached hydrogen (secondary N) is 1. The summed E-state index contributed by atoms with van der Waals surface area (Å²) in [4.78, 5) is 12.3. The molecule has 3 aromatic carbocycles. The topological polar surface area (TPSA) is 80.9 Å². The van der Waals surface area contributed by atoms with Crippen molar-refractivity contribution in [2.45, 2.75) is 38.7 Å². The molecule has 7 heteroatoms. The second-order valence-corrected chi connectivity index (χ2v) is 9.30. The van der Waals surface area contributed by atoms with Gasteiger partial charge in [0, 0.05) is 23.7 Å². The Balaban J connectivity index is 1.22. The van der Waals surface area contributed by atoms with Crippen LogP contribution in [0.1, 0.15) is 35.5 Å². The summed E-state index contributed by atoms with van der Waals surface area (Å²) in [5, 5.41) is 14.4. The van der Waals surface area contributed by atoms with Crippen LogP contribution in [0, 0.1) is 0 Å². The molecule has 0 aliphatic rings. The van der Waals surface area contributed by atoms with Crippen LogP contribution >= 0.6 is 11.6 Å². The molecule has 0 saturated heterocycles. The molecule has 1 aromatic heterocycles. The molecule has 2 N–H and O–H groups in total. The first-order valence-electron chi connectivity index (χ1n) is 12.1. The molecule has 37 heavy (non-hydrogen) atoms. The Labute approximate surface area is 221 Å². The normalized spacial score (nSPS) is 12.6. The molecule has 1 heterocycles. The molecule has 2 atom stereocenters. The molecule has 0 fully saturated rings. The predicted octanol–water partition coefficient (Wildman–Crippen LogP) is 5.71. The summed E-state index contributed by atoms with van der Waals surface area (Å²) < 4.78 is 16.9. The van der Waals surface area contributed by atoms with E-state index in [4.69, 9.17) is 25.5 Å². The predicted molar refractivity (Wildman–Crippen MR) is 144 cm³/mol. The zero-order valence-electron chi connectivity index (χ0n) is 20.6. The maximum absolute atomic E-state index is 12.3. The summed E-state index contributed by atoms with van der Waals surface area (Å²) >= 11 is 6.01. The van der Waals surface area contributed by atoms with Gasteiger partial charge in [-0.15, -0.1) is 0 Å². The van der Waals surface area contributed by atoms with Crippen LogP contribution in [-0.2, 0) is 19.6 Å². The van der Waals surface area contributed by atoms with Crippen LogP contribution in [0.4, 0.5) is 0 Å². The van der Waals surface area contributed by atoms with Crippen molar-refractivity contribution in [1.82, 2.24) is 5.32 Å². The van der Waals surface area contributed by atoms with Crippen molar-refractivity contribution in [3.05, 3.63) is 129 Å². The minimum absolute atomic E-state index is 0.132. The number of ether oxygens (including phenoxy) is 2. The lowest BCUT2D eigenvalue weighted by Crippen LogP contribution is -2.32. The molecule has 0 saturated carbocycles. The van der Waals surface area contributed by atoms with Gasteiger partial charge >= 0.3 is 0 Å². The molecule has 6 nitrogen and oxygen atoms in total. The Morgan fingerprint density at radius 1 is 0.919 bits per heavy atom. The van der Waals surface area contributed by atoms with E-state index in [0.717, 1.165) is 23.1 Å². The van der Waals surface area contributed by atoms with Gasteiger partial charge in [0.2, 0.25) is 11.2 Å². The molecule has 0 spiro atoms. The third-order valence-electron chi connectivity index (χ3n) is 5.83. The lowest BCUT2D eigenvalue weighted by molar-refractivity contribution is 0.170. The molecule has 4 rings (SSSR count). The highest BCUT2D eigenvalue weighted by Crippen LogP contribution is 2.18. The first-order valence-corrected chi connectivity index (χ1v) is 12.5. The summed E-state index contributed by atoms with van der Waals surface area (Å²) in [7, 11) is 0. The highest BCUT2D eigenvalue weighted by molar-refractivity contribution is 6.30. The van der Waals surface area contributed by atoms with Gasteiger partial charge in [-0.3, -0.25) is 4.79 Å². The molecule has 0 amide bonds. The Morgan fingerprint density at radius 2 is 1.70 bits per heavy atom. The largest absolute Gasteiger partial charge is 0.486 e. The molecule has 192 valence electrons.